The summed E-state index contributed by atoms with van der Waals surface area (Å²) >= 11 is 0. The number of anilines is 3. The van der Waals surface area contributed by atoms with Crippen molar-refractivity contribution in [2.24, 2.45) is 0 Å². The van der Waals surface area contributed by atoms with E-state index in [2.05, 4.69) is 44.0 Å². The van der Waals surface area contributed by atoms with Crippen molar-refractivity contribution in [3.8, 4) is 11.5 Å². The first-order chi connectivity index (χ1) is 14.9. The second-order valence-corrected chi connectivity index (χ2v) is 6.84. The van der Waals surface area contributed by atoms with E-state index in [1.54, 1.807) is 24.3 Å². The van der Waals surface area contributed by atoms with Crippen molar-refractivity contribution in [1.82, 2.24) is 0 Å². The highest BCUT2D eigenvalue weighted by Gasteiger charge is 2.14. The van der Waals surface area contributed by atoms with Gasteiger partial charge in [0.2, 0.25) is 0 Å². The Morgan fingerprint density at radius 1 is 0.677 bits per heavy atom. The molecule has 0 fully saturated rings. The highest BCUT2D eigenvalue weighted by Crippen LogP contribution is 2.36. The second kappa shape index (κ2) is 9.59. The van der Waals surface area contributed by atoms with Crippen LogP contribution in [0, 0.1) is 13.8 Å². The summed E-state index contributed by atoms with van der Waals surface area (Å²) in [4.78, 5) is 25.0. The van der Waals surface area contributed by atoms with Gasteiger partial charge in [0, 0.05) is 29.2 Å². The number of carbonyl (C=O) groups is 2. The summed E-state index contributed by atoms with van der Waals surface area (Å²) in [7, 11) is 0. The first-order valence-corrected chi connectivity index (χ1v) is 9.67. The maximum absolute atomic E-state index is 11.4. The largest absolute Gasteiger partial charge is 0.423 e. The molecule has 0 atom stereocenters. The average molecular weight is 413 g/mol. The molecule has 0 N–H and O–H groups in total. The SMILES string of the molecule is C=CC(=O)Oc1ccc(N(c2ccc(OC(=O)C=C)cc2)c2ccc(C)c(C)c2)cc1. The molecule has 0 aliphatic heterocycles. The third-order valence-electron chi connectivity index (χ3n) is 4.71. The van der Waals surface area contributed by atoms with Crippen LogP contribution in [0.1, 0.15) is 11.1 Å². The molecule has 0 saturated heterocycles. The van der Waals surface area contributed by atoms with Crippen LogP contribution in [0.4, 0.5) is 17.1 Å². The third-order valence-corrected chi connectivity index (χ3v) is 4.71. The van der Waals surface area contributed by atoms with Crippen LogP contribution in [-0.2, 0) is 9.59 Å². The zero-order valence-electron chi connectivity index (χ0n) is 17.5. The molecular weight excluding hydrogens is 390 g/mol. The van der Waals surface area contributed by atoms with E-state index in [-0.39, 0.29) is 0 Å². The van der Waals surface area contributed by atoms with E-state index in [0.717, 1.165) is 34.8 Å². The van der Waals surface area contributed by atoms with E-state index >= 15 is 0 Å². The van der Waals surface area contributed by atoms with Crippen LogP contribution in [0.2, 0.25) is 0 Å². The lowest BCUT2D eigenvalue weighted by Crippen LogP contribution is -2.11. The van der Waals surface area contributed by atoms with Crippen molar-refractivity contribution in [3.05, 3.63) is 103 Å². The molecule has 0 bridgehead atoms. The molecule has 5 nitrogen and oxygen atoms in total. The van der Waals surface area contributed by atoms with Crippen LogP contribution in [0.15, 0.2) is 92.0 Å². The van der Waals surface area contributed by atoms with E-state index in [4.69, 9.17) is 9.47 Å². The highest BCUT2D eigenvalue weighted by molar-refractivity contribution is 5.84. The predicted octanol–water partition coefficient (Wildman–Crippen LogP) is 5.96. The molecule has 0 aliphatic rings. The summed E-state index contributed by atoms with van der Waals surface area (Å²) in [6.07, 6.45) is 2.24. The number of carbonyl (C=O) groups excluding carboxylic acids is 2. The van der Waals surface area contributed by atoms with Gasteiger partial charge in [-0.15, -0.1) is 0 Å². The van der Waals surface area contributed by atoms with Crippen LogP contribution >= 0.6 is 0 Å². The van der Waals surface area contributed by atoms with Crippen LogP contribution in [0.5, 0.6) is 11.5 Å². The first-order valence-electron chi connectivity index (χ1n) is 9.67. The number of aryl methyl sites for hydroxylation is 2. The molecule has 3 aromatic rings. The van der Waals surface area contributed by atoms with Gasteiger partial charge in [-0.1, -0.05) is 19.2 Å². The number of nitrogens with zero attached hydrogens (tertiary/aromatic N) is 1. The normalized spacial score (nSPS) is 10.1. The van der Waals surface area contributed by atoms with Crippen molar-refractivity contribution in [1.29, 1.82) is 0 Å². The quantitative estimate of drug-likeness (QED) is 0.272. The first kappa shape index (κ1) is 21.6. The van der Waals surface area contributed by atoms with E-state index in [1.807, 2.05) is 30.3 Å². The number of benzene rings is 3. The number of hydrogen-bond donors (Lipinski definition) is 0. The summed E-state index contributed by atoms with van der Waals surface area (Å²) in [6, 6.07) is 20.6. The van der Waals surface area contributed by atoms with E-state index in [9.17, 15) is 9.59 Å². The van der Waals surface area contributed by atoms with E-state index in [0.29, 0.717) is 11.5 Å². The molecule has 0 spiro atoms. The Bertz CT molecular complexity index is 1050. The number of ether oxygens (including phenoxy) is 2. The Morgan fingerprint density at radius 3 is 1.48 bits per heavy atom. The van der Waals surface area contributed by atoms with E-state index in [1.165, 1.54) is 5.56 Å². The lowest BCUT2D eigenvalue weighted by Gasteiger charge is -2.26. The van der Waals surface area contributed by atoms with Gasteiger partial charge in [-0.05, 0) is 85.6 Å². The second-order valence-electron chi connectivity index (χ2n) is 6.84. The van der Waals surface area contributed by atoms with Crippen LogP contribution in [0.3, 0.4) is 0 Å². The van der Waals surface area contributed by atoms with Gasteiger partial charge in [-0.25, -0.2) is 9.59 Å². The molecule has 3 rings (SSSR count). The topological polar surface area (TPSA) is 55.8 Å². The molecule has 0 saturated carbocycles. The summed E-state index contributed by atoms with van der Waals surface area (Å²) in [6.45, 7) is 10.9. The minimum absolute atomic E-state index is 0.431. The highest BCUT2D eigenvalue weighted by atomic mass is 16.5. The summed E-state index contributed by atoms with van der Waals surface area (Å²) < 4.78 is 10.4. The van der Waals surface area contributed by atoms with Crippen molar-refractivity contribution >= 4 is 29.0 Å². The summed E-state index contributed by atoms with van der Waals surface area (Å²) in [5.74, 6) is -0.160. The molecular formula is C26H23NO4. The molecule has 31 heavy (non-hydrogen) atoms. The van der Waals surface area contributed by atoms with Gasteiger partial charge in [-0.2, -0.15) is 0 Å². The maximum Gasteiger partial charge on any atom is 0.335 e. The van der Waals surface area contributed by atoms with Gasteiger partial charge < -0.3 is 14.4 Å². The van der Waals surface area contributed by atoms with Gasteiger partial charge in [0.25, 0.3) is 0 Å². The Labute approximate surface area is 181 Å². The van der Waals surface area contributed by atoms with Crippen molar-refractivity contribution in [2.45, 2.75) is 13.8 Å². The smallest absolute Gasteiger partial charge is 0.335 e. The van der Waals surface area contributed by atoms with Gasteiger partial charge >= 0.3 is 11.9 Å². The molecule has 5 heteroatoms. The summed E-state index contributed by atoms with van der Waals surface area (Å²) in [5.41, 5.74) is 5.07. The standard InChI is InChI=1S/C26H23NO4/c1-5-25(28)30-23-13-9-20(10-14-23)27(22-8-7-18(3)19(4)17-22)21-11-15-24(16-12-21)31-26(29)6-2/h5-17H,1-2H2,3-4H3. The van der Waals surface area contributed by atoms with Crippen LogP contribution in [-0.4, -0.2) is 11.9 Å². The maximum atomic E-state index is 11.4. The molecule has 156 valence electrons. The van der Waals surface area contributed by atoms with Crippen molar-refractivity contribution in [3.63, 3.8) is 0 Å². The molecule has 0 unspecified atom stereocenters. The Morgan fingerprint density at radius 2 is 1.10 bits per heavy atom. The van der Waals surface area contributed by atoms with E-state index < -0.39 is 11.9 Å². The summed E-state index contributed by atoms with van der Waals surface area (Å²) in [5, 5.41) is 0. The van der Waals surface area contributed by atoms with Crippen molar-refractivity contribution in [2.75, 3.05) is 4.90 Å². The third kappa shape index (κ3) is 5.28. The van der Waals surface area contributed by atoms with Crippen LogP contribution < -0.4 is 14.4 Å². The van der Waals surface area contributed by atoms with Crippen molar-refractivity contribution < 1.29 is 19.1 Å². The fraction of sp³-hybridized carbons (Fsp3) is 0.0769. The van der Waals surface area contributed by atoms with Gasteiger partial charge in [0.05, 0.1) is 0 Å². The Balaban J connectivity index is 2.00. The zero-order valence-corrected chi connectivity index (χ0v) is 17.5. The molecule has 0 amide bonds. The number of hydrogen-bond acceptors (Lipinski definition) is 5. The molecule has 3 aromatic carbocycles. The fourth-order valence-corrected chi connectivity index (χ4v) is 2.95. The molecule has 0 aliphatic carbocycles. The zero-order chi connectivity index (χ0) is 22.4. The average Bonchev–Trinajstić information content (AvgIpc) is 2.78. The van der Waals surface area contributed by atoms with Gasteiger partial charge in [0.15, 0.2) is 0 Å². The monoisotopic (exact) mass is 413 g/mol. The Kier molecular flexibility index (Phi) is 6.67. The van der Waals surface area contributed by atoms with Gasteiger partial charge in [-0.3, -0.25) is 0 Å². The Hall–Kier alpha value is -4.12. The molecule has 0 aromatic heterocycles. The minimum Gasteiger partial charge on any atom is -0.423 e. The lowest BCUT2D eigenvalue weighted by atomic mass is 10.1. The van der Waals surface area contributed by atoms with Crippen LogP contribution in [0.25, 0.3) is 0 Å². The fourth-order valence-electron chi connectivity index (χ4n) is 2.95. The minimum atomic E-state index is -0.511. The van der Waals surface area contributed by atoms with Gasteiger partial charge in [0.1, 0.15) is 11.5 Å². The lowest BCUT2D eigenvalue weighted by molar-refractivity contribution is -0.129. The number of esters is 2. The predicted molar refractivity (Wildman–Crippen MR) is 122 cm³/mol. The molecule has 0 heterocycles. The number of rotatable bonds is 7. The molecule has 0 radical (unpaired) electrons.